The molecule has 1 aliphatic heterocycles. The highest BCUT2D eigenvalue weighted by Crippen LogP contribution is 2.43. The van der Waals surface area contributed by atoms with Gasteiger partial charge in [0.25, 0.3) is 0 Å². The summed E-state index contributed by atoms with van der Waals surface area (Å²) in [6.45, 7) is 1.99. The maximum Gasteiger partial charge on any atom is 0.331 e. The van der Waals surface area contributed by atoms with Gasteiger partial charge in [0.1, 0.15) is 0 Å². The van der Waals surface area contributed by atoms with Crippen LogP contribution in [0.25, 0.3) is 0 Å². The van der Waals surface area contributed by atoms with E-state index in [-0.39, 0.29) is 5.41 Å². The minimum absolute atomic E-state index is 0.216. The van der Waals surface area contributed by atoms with E-state index in [2.05, 4.69) is 5.32 Å². The van der Waals surface area contributed by atoms with Gasteiger partial charge in [-0.2, -0.15) is 0 Å². The van der Waals surface area contributed by atoms with Crippen LogP contribution in [0.5, 0.6) is 0 Å². The lowest BCUT2D eigenvalue weighted by Gasteiger charge is -2.33. The van der Waals surface area contributed by atoms with Crippen molar-refractivity contribution >= 4 is 5.97 Å². The molecule has 1 atom stereocenters. The Morgan fingerprint density at radius 2 is 2.45 bits per heavy atom. The lowest BCUT2D eigenvalue weighted by molar-refractivity contribution is -0.133. The molecule has 0 bridgehead atoms. The van der Waals surface area contributed by atoms with Crippen LogP contribution in [0.15, 0.2) is 11.6 Å². The van der Waals surface area contributed by atoms with Crippen molar-refractivity contribution in [1.29, 1.82) is 0 Å². The van der Waals surface area contributed by atoms with Crippen LogP contribution in [0.4, 0.5) is 0 Å². The SMILES string of the molecule is O=C(O)C1=CC2(CCNC2)C1. The second-order valence-electron chi connectivity index (χ2n) is 3.44. The number of carbonyl (C=O) groups is 1. The molecule has 0 radical (unpaired) electrons. The quantitative estimate of drug-likeness (QED) is 0.572. The van der Waals surface area contributed by atoms with Crippen LogP contribution in [0.1, 0.15) is 12.8 Å². The molecule has 1 spiro atoms. The molecule has 1 saturated heterocycles. The third-order valence-corrected chi connectivity index (χ3v) is 2.57. The van der Waals surface area contributed by atoms with E-state index in [1.807, 2.05) is 6.08 Å². The van der Waals surface area contributed by atoms with E-state index in [4.69, 9.17) is 5.11 Å². The van der Waals surface area contributed by atoms with E-state index in [9.17, 15) is 4.79 Å². The number of nitrogens with one attached hydrogen (secondary N) is 1. The predicted octanol–water partition coefficient (Wildman–Crippen LogP) is 0.381. The first-order valence-corrected chi connectivity index (χ1v) is 3.88. The molecule has 3 nitrogen and oxygen atoms in total. The van der Waals surface area contributed by atoms with Gasteiger partial charge in [0.2, 0.25) is 0 Å². The third-order valence-electron chi connectivity index (χ3n) is 2.57. The number of rotatable bonds is 1. The highest BCUT2D eigenvalue weighted by Gasteiger charge is 2.41. The zero-order valence-corrected chi connectivity index (χ0v) is 6.26. The number of carboxylic acids is 1. The number of aliphatic carboxylic acids is 1. The van der Waals surface area contributed by atoms with Gasteiger partial charge in [-0.3, -0.25) is 0 Å². The zero-order chi connectivity index (χ0) is 7.90. The Bertz CT molecular complexity index is 226. The smallest absolute Gasteiger partial charge is 0.331 e. The molecule has 1 fully saturated rings. The average Bonchev–Trinajstić information content (AvgIpc) is 2.29. The van der Waals surface area contributed by atoms with Crippen molar-refractivity contribution in [1.82, 2.24) is 5.32 Å². The van der Waals surface area contributed by atoms with Crippen LogP contribution in [0.2, 0.25) is 0 Å². The van der Waals surface area contributed by atoms with Crippen LogP contribution >= 0.6 is 0 Å². The van der Waals surface area contributed by atoms with Crippen molar-refractivity contribution in [2.75, 3.05) is 13.1 Å². The summed E-state index contributed by atoms with van der Waals surface area (Å²) in [6, 6.07) is 0. The largest absolute Gasteiger partial charge is 0.478 e. The van der Waals surface area contributed by atoms with E-state index >= 15 is 0 Å². The molecule has 0 aromatic heterocycles. The monoisotopic (exact) mass is 153 g/mol. The first kappa shape index (κ1) is 6.85. The summed E-state index contributed by atoms with van der Waals surface area (Å²) >= 11 is 0. The standard InChI is InChI=1S/C8H11NO2/c10-7(11)6-3-8(4-6)1-2-9-5-8/h3,9H,1-2,4-5H2,(H,10,11). The molecule has 11 heavy (non-hydrogen) atoms. The molecular weight excluding hydrogens is 142 g/mol. The summed E-state index contributed by atoms with van der Waals surface area (Å²) in [5.74, 6) is -0.748. The van der Waals surface area contributed by atoms with Gasteiger partial charge in [0, 0.05) is 17.5 Å². The van der Waals surface area contributed by atoms with Gasteiger partial charge in [0.05, 0.1) is 0 Å². The Balaban J connectivity index is 2.09. The molecule has 1 unspecified atom stereocenters. The lowest BCUT2D eigenvalue weighted by atomic mass is 9.70. The van der Waals surface area contributed by atoms with E-state index in [1.165, 1.54) is 0 Å². The van der Waals surface area contributed by atoms with E-state index < -0.39 is 5.97 Å². The van der Waals surface area contributed by atoms with Gasteiger partial charge in [-0.1, -0.05) is 6.08 Å². The van der Waals surface area contributed by atoms with Crippen molar-refractivity contribution in [2.24, 2.45) is 5.41 Å². The van der Waals surface area contributed by atoms with E-state index in [0.717, 1.165) is 25.9 Å². The summed E-state index contributed by atoms with van der Waals surface area (Å²) in [7, 11) is 0. The maximum absolute atomic E-state index is 10.4. The second kappa shape index (κ2) is 2.08. The molecule has 3 heteroatoms. The highest BCUT2D eigenvalue weighted by molar-refractivity contribution is 5.88. The molecule has 2 rings (SSSR count). The normalized spacial score (nSPS) is 35.1. The summed E-state index contributed by atoms with van der Waals surface area (Å²) in [4.78, 5) is 10.4. The van der Waals surface area contributed by atoms with Crippen molar-refractivity contribution in [2.45, 2.75) is 12.8 Å². The number of carboxylic acid groups (broad SMARTS) is 1. The Morgan fingerprint density at radius 3 is 2.91 bits per heavy atom. The van der Waals surface area contributed by atoms with Gasteiger partial charge in [-0.05, 0) is 19.4 Å². The van der Waals surface area contributed by atoms with Gasteiger partial charge in [-0.25, -0.2) is 4.79 Å². The molecular formula is C8H11NO2. The van der Waals surface area contributed by atoms with Crippen molar-refractivity contribution in [3.63, 3.8) is 0 Å². The van der Waals surface area contributed by atoms with Gasteiger partial charge < -0.3 is 10.4 Å². The number of hydrogen-bond acceptors (Lipinski definition) is 2. The summed E-state index contributed by atoms with van der Waals surface area (Å²) in [5.41, 5.74) is 0.807. The molecule has 60 valence electrons. The first-order valence-electron chi connectivity index (χ1n) is 3.88. The average molecular weight is 153 g/mol. The fourth-order valence-electron chi connectivity index (χ4n) is 1.89. The van der Waals surface area contributed by atoms with Crippen LogP contribution in [-0.4, -0.2) is 24.2 Å². The molecule has 0 amide bonds. The van der Waals surface area contributed by atoms with Crippen LogP contribution in [0.3, 0.4) is 0 Å². The minimum Gasteiger partial charge on any atom is -0.478 e. The zero-order valence-electron chi connectivity index (χ0n) is 6.26. The predicted molar refractivity (Wildman–Crippen MR) is 40.3 cm³/mol. The summed E-state index contributed by atoms with van der Waals surface area (Å²) in [6.07, 6.45) is 3.77. The molecule has 0 aromatic rings. The number of hydrogen-bond donors (Lipinski definition) is 2. The molecule has 0 aromatic carbocycles. The van der Waals surface area contributed by atoms with Gasteiger partial charge in [0.15, 0.2) is 0 Å². The first-order chi connectivity index (χ1) is 5.22. The molecule has 1 heterocycles. The Morgan fingerprint density at radius 1 is 1.73 bits per heavy atom. The van der Waals surface area contributed by atoms with Crippen molar-refractivity contribution < 1.29 is 9.90 Å². The maximum atomic E-state index is 10.4. The molecule has 1 aliphatic carbocycles. The van der Waals surface area contributed by atoms with Crippen LogP contribution in [-0.2, 0) is 4.79 Å². The van der Waals surface area contributed by atoms with Crippen LogP contribution < -0.4 is 5.32 Å². The van der Waals surface area contributed by atoms with E-state index in [1.54, 1.807) is 0 Å². The molecule has 2 aliphatic rings. The van der Waals surface area contributed by atoms with Crippen molar-refractivity contribution in [3.8, 4) is 0 Å². The Labute approximate surface area is 65.1 Å². The van der Waals surface area contributed by atoms with E-state index in [0.29, 0.717) is 5.57 Å². The Hall–Kier alpha value is -0.830. The second-order valence-corrected chi connectivity index (χ2v) is 3.44. The van der Waals surface area contributed by atoms with Crippen molar-refractivity contribution in [3.05, 3.63) is 11.6 Å². The fourth-order valence-corrected chi connectivity index (χ4v) is 1.89. The van der Waals surface area contributed by atoms with Gasteiger partial charge in [-0.15, -0.1) is 0 Å². The van der Waals surface area contributed by atoms with Crippen LogP contribution in [0, 0.1) is 5.41 Å². The lowest BCUT2D eigenvalue weighted by Crippen LogP contribution is -2.32. The Kier molecular flexibility index (Phi) is 1.29. The third kappa shape index (κ3) is 0.959. The topological polar surface area (TPSA) is 49.3 Å². The van der Waals surface area contributed by atoms with Gasteiger partial charge >= 0.3 is 5.97 Å². The minimum atomic E-state index is -0.748. The molecule has 2 N–H and O–H groups in total. The molecule has 0 saturated carbocycles. The summed E-state index contributed by atoms with van der Waals surface area (Å²) < 4.78 is 0. The highest BCUT2D eigenvalue weighted by atomic mass is 16.4. The summed E-state index contributed by atoms with van der Waals surface area (Å²) in [5, 5.41) is 11.8. The fraction of sp³-hybridized carbons (Fsp3) is 0.625.